The number of carbonyl (C=O) groups is 3. The topological polar surface area (TPSA) is 105 Å². The summed E-state index contributed by atoms with van der Waals surface area (Å²) in [6, 6.07) is 7.20. The first kappa shape index (κ1) is 17.0. The molecule has 0 aromatic heterocycles. The minimum Gasteiger partial charge on any atom is -0.483 e. The van der Waals surface area contributed by atoms with Gasteiger partial charge in [-0.1, -0.05) is 24.3 Å². The van der Waals surface area contributed by atoms with Crippen LogP contribution in [0.5, 0.6) is 5.75 Å². The van der Waals surface area contributed by atoms with E-state index in [-0.39, 0.29) is 6.61 Å². The number of hydrogen-bond donors (Lipinski definition) is 3. The first-order valence-electron chi connectivity index (χ1n) is 6.34. The molecule has 0 bridgehead atoms. The molecule has 0 spiro atoms. The van der Waals surface area contributed by atoms with E-state index in [4.69, 9.17) is 9.84 Å². The molecule has 0 saturated heterocycles. The molecule has 1 rings (SSSR count). The smallest absolute Gasteiger partial charge is 0.328 e. The number of nitrogens with one attached hydrogen (secondary N) is 2. The molecule has 0 aliphatic heterocycles. The zero-order chi connectivity index (χ0) is 16.4. The number of amides is 2. The van der Waals surface area contributed by atoms with Crippen LogP contribution in [0.15, 0.2) is 49.1 Å². The van der Waals surface area contributed by atoms with Gasteiger partial charge in [-0.15, -0.1) is 6.58 Å². The minimum atomic E-state index is -1.26. The largest absolute Gasteiger partial charge is 0.483 e. The number of allylic oxidation sites excluding steroid dienone is 1. The van der Waals surface area contributed by atoms with E-state index in [0.717, 1.165) is 11.6 Å². The molecule has 22 heavy (non-hydrogen) atoms. The molecule has 0 unspecified atom stereocenters. The van der Waals surface area contributed by atoms with E-state index in [0.29, 0.717) is 18.2 Å². The van der Waals surface area contributed by atoms with E-state index in [9.17, 15) is 14.4 Å². The van der Waals surface area contributed by atoms with Gasteiger partial charge in [0.1, 0.15) is 5.75 Å². The summed E-state index contributed by atoms with van der Waals surface area (Å²) < 4.78 is 5.36. The molecule has 0 radical (unpaired) electrons. The zero-order valence-electron chi connectivity index (χ0n) is 11.7. The Morgan fingerprint density at radius 2 is 1.91 bits per heavy atom. The first-order valence-corrected chi connectivity index (χ1v) is 6.34. The Labute approximate surface area is 127 Å². The van der Waals surface area contributed by atoms with Crippen LogP contribution < -0.4 is 15.6 Å². The average Bonchev–Trinajstić information content (AvgIpc) is 2.50. The van der Waals surface area contributed by atoms with Crippen molar-refractivity contribution in [3.63, 3.8) is 0 Å². The quantitative estimate of drug-likeness (QED) is 0.388. The molecule has 0 fully saturated rings. The summed E-state index contributed by atoms with van der Waals surface area (Å²) in [5.41, 5.74) is 5.02. The Balaban J connectivity index is 2.42. The van der Waals surface area contributed by atoms with Crippen LogP contribution in [-0.2, 0) is 20.8 Å². The third kappa shape index (κ3) is 6.38. The van der Waals surface area contributed by atoms with Crippen molar-refractivity contribution in [3.8, 4) is 5.75 Å². The molecule has 0 aliphatic carbocycles. The lowest BCUT2D eigenvalue weighted by atomic mass is 10.1. The highest BCUT2D eigenvalue weighted by atomic mass is 16.5. The summed E-state index contributed by atoms with van der Waals surface area (Å²) in [5, 5.41) is 8.34. The van der Waals surface area contributed by atoms with Gasteiger partial charge in [0.2, 0.25) is 0 Å². The van der Waals surface area contributed by atoms with Crippen LogP contribution in [0.3, 0.4) is 0 Å². The number of carboxylic acids is 1. The summed E-state index contributed by atoms with van der Waals surface area (Å²) in [5.74, 6) is -2.05. The maximum absolute atomic E-state index is 11.5. The van der Waals surface area contributed by atoms with Crippen molar-refractivity contribution in [3.05, 3.63) is 54.6 Å². The molecule has 1 aromatic rings. The second-order valence-corrected chi connectivity index (χ2v) is 4.10. The van der Waals surface area contributed by atoms with Gasteiger partial charge in [-0.25, -0.2) is 4.79 Å². The van der Waals surface area contributed by atoms with Gasteiger partial charge < -0.3 is 9.84 Å². The number of carboxylic acid groups (broad SMARTS) is 1. The third-order valence-electron chi connectivity index (χ3n) is 2.40. The van der Waals surface area contributed by atoms with Gasteiger partial charge in [0, 0.05) is 12.2 Å². The fourth-order valence-corrected chi connectivity index (χ4v) is 1.47. The van der Waals surface area contributed by atoms with E-state index in [1.165, 1.54) is 0 Å². The molecule has 0 heterocycles. The van der Waals surface area contributed by atoms with Crippen molar-refractivity contribution in [1.82, 2.24) is 10.9 Å². The van der Waals surface area contributed by atoms with E-state index in [1.54, 1.807) is 18.2 Å². The fourth-order valence-electron chi connectivity index (χ4n) is 1.47. The molecule has 7 nitrogen and oxygen atoms in total. The van der Waals surface area contributed by atoms with Gasteiger partial charge in [-0.05, 0) is 18.1 Å². The van der Waals surface area contributed by atoms with Gasteiger partial charge in [-0.2, -0.15) is 0 Å². The molecule has 0 atom stereocenters. The Bertz CT molecular complexity index is 595. The SMILES string of the molecule is C=CCc1ccccc1OCC(=O)NNC(=O)C=CC(=O)O. The number of para-hydroxylation sites is 1. The number of hydrogen-bond acceptors (Lipinski definition) is 4. The van der Waals surface area contributed by atoms with Crippen LogP contribution in [0.2, 0.25) is 0 Å². The Morgan fingerprint density at radius 3 is 2.59 bits per heavy atom. The second kappa shape index (κ2) is 8.96. The molecular weight excluding hydrogens is 288 g/mol. The number of rotatable bonds is 7. The maximum Gasteiger partial charge on any atom is 0.328 e. The fraction of sp³-hybridized carbons (Fsp3) is 0.133. The monoisotopic (exact) mass is 304 g/mol. The van der Waals surface area contributed by atoms with Gasteiger partial charge in [0.15, 0.2) is 6.61 Å². The van der Waals surface area contributed by atoms with Crippen molar-refractivity contribution < 1.29 is 24.2 Å². The molecular formula is C15H16N2O5. The molecule has 0 saturated carbocycles. The normalized spacial score (nSPS) is 10.0. The predicted molar refractivity (Wildman–Crippen MR) is 78.9 cm³/mol. The second-order valence-electron chi connectivity index (χ2n) is 4.10. The zero-order valence-corrected chi connectivity index (χ0v) is 11.7. The standard InChI is InChI=1S/C15H16N2O5/c1-2-5-11-6-3-4-7-12(11)22-10-14(19)17-16-13(18)8-9-15(20)21/h2-4,6-9H,1,5,10H2,(H,16,18)(H,17,19)(H,20,21). The molecule has 3 N–H and O–H groups in total. The molecule has 1 aromatic carbocycles. The van der Waals surface area contributed by atoms with Crippen molar-refractivity contribution in [2.24, 2.45) is 0 Å². The number of benzene rings is 1. The highest BCUT2D eigenvalue weighted by Gasteiger charge is 2.06. The molecule has 116 valence electrons. The minimum absolute atomic E-state index is 0.295. The van der Waals surface area contributed by atoms with E-state index < -0.39 is 17.8 Å². The van der Waals surface area contributed by atoms with Crippen molar-refractivity contribution in [2.45, 2.75) is 6.42 Å². The summed E-state index contributed by atoms with van der Waals surface area (Å²) in [6.45, 7) is 3.35. The summed E-state index contributed by atoms with van der Waals surface area (Å²) in [4.78, 5) is 32.9. The number of carbonyl (C=O) groups excluding carboxylic acids is 2. The van der Waals surface area contributed by atoms with Crippen LogP contribution in [0.4, 0.5) is 0 Å². The lowest BCUT2D eigenvalue weighted by Crippen LogP contribution is -2.43. The summed E-state index contributed by atoms with van der Waals surface area (Å²) in [6.07, 6.45) is 3.76. The Morgan fingerprint density at radius 1 is 1.18 bits per heavy atom. The van der Waals surface area contributed by atoms with Crippen molar-refractivity contribution >= 4 is 17.8 Å². The summed E-state index contributed by atoms with van der Waals surface area (Å²) in [7, 11) is 0. The van der Waals surface area contributed by atoms with Gasteiger partial charge in [-0.3, -0.25) is 20.4 Å². The lowest BCUT2D eigenvalue weighted by molar-refractivity contribution is -0.131. The number of hydrazine groups is 1. The van der Waals surface area contributed by atoms with Gasteiger partial charge in [0.05, 0.1) is 0 Å². The predicted octanol–water partition coefficient (Wildman–Crippen LogP) is 0.582. The highest BCUT2D eigenvalue weighted by molar-refractivity contribution is 5.94. The van der Waals surface area contributed by atoms with Crippen molar-refractivity contribution in [1.29, 1.82) is 0 Å². The van der Waals surface area contributed by atoms with Crippen LogP contribution in [0.25, 0.3) is 0 Å². The lowest BCUT2D eigenvalue weighted by Gasteiger charge is -2.10. The van der Waals surface area contributed by atoms with Crippen LogP contribution in [0, 0.1) is 0 Å². The Hall–Kier alpha value is -3.09. The van der Waals surface area contributed by atoms with E-state index >= 15 is 0 Å². The van der Waals surface area contributed by atoms with E-state index in [2.05, 4.69) is 12.0 Å². The third-order valence-corrected chi connectivity index (χ3v) is 2.40. The first-order chi connectivity index (χ1) is 10.5. The van der Waals surface area contributed by atoms with E-state index in [1.807, 2.05) is 17.6 Å². The number of ether oxygens (including phenoxy) is 1. The Kier molecular flexibility index (Phi) is 6.91. The molecule has 7 heteroatoms. The van der Waals surface area contributed by atoms with Crippen LogP contribution >= 0.6 is 0 Å². The summed E-state index contributed by atoms with van der Waals surface area (Å²) >= 11 is 0. The van der Waals surface area contributed by atoms with Crippen molar-refractivity contribution in [2.75, 3.05) is 6.61 Å². The van der Waals surface area contributed by atoms with Gasteiger partial charge >= 0.3 is 5.97 Å². The molecule has 2 amide bonds. The van der Waals surface area contributed by atoms with Gasteiger partial charge in [0.25, 0.3) is 11.8 Å². The molecule has 0 aliphatic rings. The number of aliphatic carboxylic acids is 1. The average molecular weight is 304 g/mol. The highest BCUT2D eigenvalue weighted by Crippen LogP contribution is 2.18. The van der Waals surface area contributed by atoms with Crippen LogP contribution in [0.1, 0.15) is 5.56 Å². The maximum atomic E-state index is 11.5. The van der Waals surface area contributed by atoms with Crippen LogP contribution in [-0.4, -0.2) is 29.5 Å².